The van der Waals surface area contributed by atoms with Crippen molar-refractivity contribution >= 4 is 10.2 Å². The van der Waals surface area contributed by atoms with Crippen LogP contribution < -0.4 is 5.14 Å². The van der Waals surface area contributed by atoms with Gasteiger partial charge in [0.15, 0.2) is 6.29 Å². The number of hydrogen-bond donors (Lipinski definition) is 3. The predicted octanol–water partition coefficient (Wildman–Crippen LogP) is 0.752. The van der Waals surface area contributed by atoms with Crippen LogP contribution in [0.4, 0.5) is 0 Å². The van der Waals surface area contributed by atoms with E-state index in [1.807, 2.05) is 13.0 Å². The van der Waals surface area contributed by atoms with Crippen molar-refractivity contribution in [1.82, 2.24) is 3.97 Å². The molecular formula is C13H16N2O4S. The minimum Gasteiger partial charge on any atom is -0.363 e. The SMILES string of the molecule is CCc1cn(S(N)(=O)=O)c(C(O)O)c1-c1ccccc1. The zero-order valence-corrected chi connectivity index (χ0v) is 11.7. The van der Waals surface area contributed by atoms with Gasteiger partial charge in [0.25, 0.3) is 0 Å². The number of aliphatic hydroxyl groups is 2. The van der Waals surface area contributed by atoms with Gasteiger partial charge in [0.2, 0.25) is 0 Å². The average Bonchev–Trinajstić information content (AvgIpc) is 2.79. The maximum Gasteiger partial charge on any atom is 0.302 e. The standard InChI is InChI=1S/C13H16N2O4S/c1-2-9-8-15(20(14,18)19)12(13(16)17)11(9)10-6-4-3-5-7-10/h3-8,13,16-17H,2H2,1H3,(H2,14,18,19). The smallest absolute Gasteiger partial charge is 0.302 e. The average molecular weight is 296 g/mol. The molecule has 1 heterocycles. The third kappa shape index (κ3) is 2.61. The zero-order valence-electron chi connectivity index (χ0n) is 10.9. The molecule has 1 aromatic heterocycles. The van der Waals surface area contributed by atoms with Gasteiger partial charge in [0.05, 0.1) is 5.69 Å². The van der Waals surface area contributed by atoms with E-state index in [9.17, 15) is 18.6 Å². The van der Waals surface area contributed by atoms with Crippen molar-refractivity contribution < 1.29 is 18.6 Å². The summed E-state index contributed by atoms with van der Waals surface area (Å²) in [4.78, 5) is 0. The lowest BCUT2D eigenvalue weighted by Gasteiger charge is -2.11. The molecule has 6 nitrogen and oxygen atoms in total. The minimum atomic E-state index is -4.10. The van der Waals surface area contributed by atoms with Gasteiger partial charge in [-0.2, -0.15) is 8.42 Å². The summed E-state index contributed by atoms with van der Waals surface area (Å²) in [5.41, 5.74) is 1.72. The van der Waals surface area contributed by atoms with Gasteiger partial charge < -0.3 is 10.2 Å². The Bertz CT molecular complexity index is 705. The van der Waals surface area contributed by atoms with E-state index in [4.69, 9.17) is 5.14 Å². The Hall–Kier alpha value is -1.67. The molecule has 0 saturated heterocycles. The van der Waals surface area contributed by atoms with Crippen LogP contribution in [0.25, 0.3) is 11.1 Å². The lowest BCUT2D eigenvalue weighted by Crippen LogP contribution is -2.24. The fraction of sp³-hybridized carbons (Fsp3) is 0.231. The molecule has 0 saturated carbocycles. The Kier molecular flexibility index (Phi) is 3.96. The van der Waals surface area contributed by atoms with Crippen LogP contribution in [0.3, 0.4) is 0 Å². The van der Waals surface area contributed by atoms with Crippen LogP contribution in [0.1, 0.15) is 24.5 Å². The van der Waals surface area contributed by atoms with E-state index in [0.717, 1.165) is 3.97 Å². The molecule has 0 bridgehead atoms. The van der Waals surface area contributed by atoms with E-state index < -0.39 is 16.5 Å². The summed E-state index contributed by atoms with van der Waals surface area (Å²) in [7, 11) is -4.10. The molecule has 0 fully saturated rings. The quantitative estimate of drug-likeness (QED) is 0.724. The monoisotopic (exact) mass is 296 g/mol. The van der Waals surface area contributed by atoms with Crippen molar-refractivity contribution in [2.24, 2.45) is 5.14 Å². The molecule has 2 rings (SSSR count). The maximum atomic E-state index is 11.6. The molecule has 0 aliphatic carbocycles. The zero-order chi connectivity index (χ0) is 14.9. The lowest BCUT2D eigenvalue weighted by molar-refractivity contribution is -0.0458. The van der Waals surface area contributed by atoms with E-state index in [0.29, 0.717) is 23.1 Å². The Morgan fingerprint density at radius 3 is 2.30 bits per heavy atom. The van der Waals surface area contributed by atoms with Crippen molar-refractivity contribution in [2.75, 3.05) is 0 Å². The van der Waals surface area contributed by atoms with E-state index in [1.54, 1.807) is 24.3 Å². The molecule has 0 amide bonds. The van der Waals surface area contributed by atoms with Gasteiger partial charge in [0, 0.05) is 11.8 Å². The third-order valence-electron chi connectivity index (χ3n) is 3.05. The van der Waals surface area contributed by atoms with Crippen LogP contribution >= 0.6 is 0 Å². The summed E-state index contributed by atoms with van der Waals surface area (Å²) in [6.45, 7) is 1.85. The van der Waals surface area contributed by atoms with Crippen molar-refractivity contribution in [1.29, 1.82) is 0 Å². The predicted molar refractivity (Wildman–Crippen MR) is 74.9 cm³/mol. The Morgan fingerprint density at radius 2 is 1.85 bits per heavy atom. The molecule has 0 aliphatic heterocycles. The van der Waals surface area contributed by atoms with E-state index in [2.05, 4.69) is 0 Å². The highest BCUT2D eigenvalue weighted by atomic mass is 32.2. The highest BCUT2D eigenvalue weighted by Crippen LogP contribution is 2.33. The number of hydrogen-bond acceptors (Lipinski definition) is 4. The molecule has 4 N–H and O–H groups in total. The lowest BCUT2D eigenvalue weighted by atomic mass is 10.00. The Morgan fingerprint density at radius 1 is 1.25 bits per heavy atom. The molecule has 0 aliphatic rings. The van der Waals surface area contributed by atoms with Crippen LogP contribution in [-0.4, -0.2) is 22.6 Å². The summed E-state index contributed by atoms with van der Waals surface area (Å²) in [6.07, 6.45) is -0.0809. The van der Waals surface area contributed by atoms with Crippen molar-refractivity contribution in [3.8, 4) is 11.1 Å². The summed E-state index contributed by atoms with van der Waals surface area (Å²) in [5.74, 6) is 0. The molecule has 20 heavy (non-hydrogen) atoms. The molecule has 108 valence electrons. The second-order valence-corrected chi connectivity index (χ2v) is 5.77. The topological polar surface area (TPSA) is 106 Å². The van der Waals surface area contributed by atoms with E-state index >= 15 is 0 Å². The van der Waals surface area contributed by atoms with Crippen LogP contribution in [0, 0.1) is 0 Å². The maximum absolute atomic E-state index is 11.6. The largest absolute Gasteiger partial charge is 0.363 e. The molecule has 7 heteroatoms. The van der Waals surface area contributed by atoms with Crippen molar-refractivity contribution in [2.45, 2.75) is 19.6 Å². The van der Waals surface area contributed by atoms with E-state index in [1.165, 1.54) is 6.20 Å². The number of aromatic nitrogens is 1. The van der Waals surface area contributed by atoms with Gasteiger partial charge in [-0.25, -0.2) is 9.11 Å². The van der Waals surface area contributed by atoms with Gasteiger partial charge in [-0.15, -0.1) is 0 Å². The normalized spacial score (nSPS) is 12.1. The second-order valence-electron chi connectivity index (χ2n) is 4.35. The summed E-state index contributed by atoms with van der Waals surface area (Å²) in [5, 5.41) is 24.2. The summed E-state index contributed by atoms with van der Waals surface area (Å²) < 4.78 is 23.9. The number of aliphatic hydroxyl groups excluding tert-OH is 1. The number of rotatable bonds is 4. The van der Waals surface area contributed by atoms with Crippen molar-refractivity contribution in [3.05, 3.63) is 47.8 Å². The number of nitrogens with two attached hydrogens (primary N) is 1. The second kappa shape index (κ2) is 5.37. The first-order valence-electron chi connectivity index (χ1n) is 6.05. The Labute approximate surface area is 117 Å². The number of aryl methyl sites for hydroxylation is 1. The molecule has 0 atom stereocenters. The first-order chi connectivity index (χ1) is 9.36. The van der Waals surface area contributed by atoms with E-state index in [-0.39, 0.29) is 5.69 Å². The number of nitrogens with zero attached hydrogens (tertiary/aromatic N) is 1. The molecule has 2 aromatic rings. The Balaban J connectivity index is 2.82. The highest BCUT2D eigenvalue weighted by Gasteiger charge is 2.25. The third-order valence-corrected chi connectivity index (χ3v) is 3.90. The number of benzene rings is 1. The van der Waals surface area contributed by atoms with Crippen LogP contribution in [0.2, 0.25) is 0 Å². The van der Waals surface area contributed by atoms with Crippen LogP contribution in [0.15, 0.2) is 36.5 Å². The van der Waals surface area contributed by atoms with Gasteiger partial charge in [0.1, 0.15) is 0 Å². The molecule has 0 spiro atoms. The van der Waals surface area contributed by atoms with Gasteiger partial charge in [-0.05, 0) is 17.5 Å². The fourth-order valence-electron chi connectivity index (χ4n) is 2.21. The van der Waals surface area contributed by atoms with Crippen LogP contribution in [-0.2, 0) is 16.6 Å². The van der Waals surface area contributed by atoms with Gasteiger partial charge >= 0.3 is 10.2 Å². The van der Waals surface area contributed by atoms with Crippen LogP contribution in [0.5, 0.6) is 0 Å². The molecule has 0 unspecified atom stereocenters. The minimum absolute atomic E-state index is 0.143. The molecular weight excluding hydrogens is 280 g/mol. The summed E-state index contributed by atoms with van der Waals surface area (Å²) in [6, 6.07) is 8.94. The molecule has 1 aromatic carbocycles. The first-order valence-corrected chi connectivity index (χ1v) is 7.55. The highest BCUT2D eigenvalue weighted by molar-refractivity contribution is 7.87. The van der Waals surface area contributed by atoms with Gasteiger partial charge in [-0.3, -0.25) is 0 Å². The first kappa shape index (κ1) is 14.7. The molecule has 0 radical (unpaired) electrons. The van der Waals surface area contributed by atoms with Crippen molar-refractivity contribution in [3.63, 3.8) is 0 Å². The van der Waals surface area contributed by atoms with Gasteiger partial charge in [-0.1, -0.05) is 37.3 Å². The summed E-state index contributed by atoms with van der Waals surface area (Å²) >= 11 is 0. The fourth-order valence-corrected chi connectivity index (χ4v) is 2.94.